The SMILES string of the molecule is O=C(Cn1cnc2ncncc21)Nc1nc(-c2cccnc2)cs1. The summed E-state index contributed by atoms with van der Waals surface area (Å²) in [5.41, 5.74) is 2.96. The summed E-state index contributed by atoms with van der Waals surface area (Å²) in [4.78, 5) is 32.8. The number of carbonyl (C=O) groups is 1. The van der Waals surface area contributed by atoms with Crippen LogP contribution in [0.2, 0.25) is 0 Å². The largest absolute Gasteiger partial charge is 0.318 e. The lowest BCUT2D eigenvalue weighted by Gasteiger charge is -2.03. The number of rotatable bonds is 4. The summed E-state index contributed by atoms with van der Waals surface area (Å²) >= 11 is 1.37. The Hall–Kier alpha value is -3.20. The Morgan fingerprint density at radius 2 is 2.21 bits per heavy atom. The highest BCUT2D eigenvalue weighted by Crippen LogP contribution is 2.24. The van der Waals surface area contributed by atoms with Gasteiger partial charge in [0.1, 0.15) is 18.4 Å². The first kappa shape index (κ1) is 14.4. The Kier molecular flexibility index (Phi) is 3.67. The smallest absolute Gasteiger partial charge is 0.246 e. The van der Waals surface area contributed by atoms with Crippen molar-refractivity contribution in [1.82, 2.24) is 29.5 Å². The molecular formula is C15H11N7OS. The van der Waals surface area contributed by atoms with E-state index in [0.29, 0.717) is 16.3 Å². The molecule has 9 heteroatoms. The number of nitrogens with zero attached hydrogens (tertiary/aromatic N) is 6. The van der Waals surface area contributed by atoms with Crippen LogP contribution in [0.15, 0.2) is 48.8 Å². The van der Waals surface area contributed by atoms with Crippen LogP contribution in [-0.2, 0) is 11.3 Å². The fourth-order valence-corrected chi connectivity index (χ4v) is 2.96. The van der Waals surface area contributed by atoms with E-state index in [-0.39, 0.29) is 12.5 Å². The van der Waals surface area contributed by atoms with Gasteiger partial charge in [-0.15, -0.1) is 11.3 Å². The van der Waals surface area contributed by atoms with Gasteiger partial charge in [-0.3, -0.25) is 9.78 Å². The fourth-order valence-electron chi connectivity index (χ4n) is 2.22. The molecule has 1 amide bonds. The molecule has 0 unspecified atom stereocenters. The number of anilines is 1. The summed E-state index contributed by atoms with van der Waals surface area (Å²) < 4.78 is 1.69. The third-order valence-electron chi connectivity index (χ3n) is 3.32. The van der Waals surface area contributed by atoms with Gasteiger partial charge in [0.2, 0.25) is 5.91 Å². The van der Waals surface area contributed by atoms with Gasteiger partial charge in [-0.1, -0.05) is 0 Å². The monoisotopic (exact) mass is 337 g/mol. The van der Waals surface area contributed by atoms with Crippen molar-refractivity contribution in [2.45, 2.75) is 6.54 Å². The molecule has 0 aliphatic carbocycles. The molecule has 118 valence electrons. The van der Waals surface area contributed by atoms with Gasteiger partial charge in [0.05, 0.1) is 18.2 Å². The number of pyridine rings is 1. The van der Waals surface area contributed by atoms with Crippen molar-refractivity contribution in [1.29, 1.82) is 0 Å². The quantitative estimate of drug-likeness (QED) is 0.611. The summed E-state index contributed by atoms with van der Waals surface area (Å²) in [5, 5.41) is 5.22. The molecular weight excluding hydrogens is 326 g/mol. The van der Waals surface area contributed by atoms with Crippen LogP contribution in [0, 0.1) is 0 Å². The number of aromatic nitrogens is 6. The molecule has 8 nitrogen and oxygen atoms in total. The second kappa shape index (κ2) is 6.13. The first-order valence-corrected chi connectivity index (χ1v) is 7.94. The van der Waals surface area contributed by atoms with E-state index >= 15 is 0 Å². The summed E-state index contributed by atoms with van der Waals surface area (Å²) in [5.74, 6) is -0.190. The molecule has 4 aromatic rings. The molecule has 4 heterocycles. The molecule has 4 aromatic heterocycles. The number of hydrogen-bond donors (Lipinski definition) is 1. The van der Waals surface area contributed by atoms with Crippen LogP contribution >= 0.6 is 11.3 Å². The van der Waals surface area contributed by atoms with Crippen LogP contribution < -0.4 is 5.32 Å². The van der Waals surface area contributed by atoms with E-state index in [9.17, 15) is 4.79 Å². The molecule has 0 spiro atoms. The van der Waals surface area contributed by atoms with E-state index < -0.39 is 0 Å². The number of nitrogens with one attached hydrogen (secondary N) is 1. The first-order valence-electron chi connectivity index (χ1n) is 7.06. The highest BCUT2D eigenvalue weighted by molar-refractivity contribution is 7.14. The van der Waals surface area contributed by atoms with E-state index in [1.807, 2.05) is 17.5 Å². The van der Waals surface area contributed by atoms with Crippen molar-refractivity contribution in [3.8, 4) is 11.3 Å². The second-order valence-electron chi connectivity index (χ2n) is 4.93. The van der Waals surface area contributed by atoms with Crippen LogP contribution in [-0.4, -0.2) is 35.4 Å². The van der Waals surface area contributed by atoms with Crippen molar-refractivity contribution in [3.05, 3.63) is 48.8 Å². The third kappa shape index (κ3) is 2.84. The van der Waals surface area contributed by atoms with Crippen molar-refractivity contribution in [3.63, 3.8) is 0 Å². The van der Waals surface area contributed by atoms with Crippen LogP contribution in [0.1, 0.15) is 0 Å². The molecule has 0 aromatic carbocycles. The molecule has 0 saturated heterocycles. The zero-order valence-corrected chi connectivity index (χ0v) is 13.1. The summed E-state index contributed by atoms with van der Waals surface area (Å²) in [6.07, 6.45) is 8.07. The Balaban J connectivity index is 1.48. The van der Waals surface area contributed by atoms with Gasteiger partial charge in [0.15, 0.2) is 10.8 Å². The predicted molar refractivity (Wildman–Crippen MR) is 89.3 cm³/mol. The highest BCUT2D eigenvalue weighted by atomic mass is 32.1. The van der Waals surface area contributed by atoms with E-state index in [0.717, 1.165) is 11.3 Å². The third-order valence-corrected chi connectivity index (χ3v) is 4.08. The molecule has 0 aliphatic heterocycles. The number of carbonyl (C=O) groups excluding carboxylic acids is 1. The maximum atomic E-state index is 12.2. The number of hydrogen-bond acceptors (Lipinski definition) is 7. The van der Waals surface area contributed by atoms with Crippen LogP contribution in [0.5, 0.6) is 0 Å². The molecule has 1 N–H and O–H groups in total. The Bertz CT molecular complexity index is 995. The molecule has 0 bridgehead atoms. The second-order valence-corrected chi connectivity index (χ2v) is 5.79. The average Bonchev–Trinajstić information content (AvgIpc) is 3.23. The van der Waals surface area contributed by atoms with E-state index in [1.165, 1.54) is 17.7 Å². The lowest BCUT2D eigenvalue weighted by molar-refractivity contribution is -0.116. The number of imidazole rings is 1. The number of fused-ring (bicyclic) bond motifs is 1. The highest BCUT2D eigenvalue weighted by Gasteiger charge is 2.11. The Morgan fingerprint density at radius 1 is 1.25 bits per heavy atom. The molecule has 0 atom stereocenters. The Morgan fingerprint density at radius 3 is 3.08 bits per heavy atom. The van der Waals surface area contributed by atoms with Gasteiger partial charge in [-0.25, -0.2) is 19.9 Å². The minimum atomic E-state index is -0.190. The molecule has 0 aliphatic rings. The van der Waals surface area contributed by atoms with E-state index in [1.54, 1.807) is 29.5 Å². The van der Waals surface area contributed by atoms with E-state index in [4.69, 9.17) is 0 Å². The van der Waals surface area contributed by atoms with Gasteiger partial charge in [0, 0.05) is 23.3 Å². The summed E-state index contributed by atoms with van der Waals surface area (Å²) in [6, 6.07) is 3.77. The van der Waals surface area contributed by atoms with Crippen LogP contribution in [0.3, 0.4) is 0 Å². The van der Waals surface area contributed by atoms with Gasteiger partial charge in [-0.2, -0.15) is 0 Å². The number of amides is 1. The first-order chi connectivity index (χ1) is 11.8. The molecule has 0 saturated carbocycles. The lowest BCUT2D eigenvalue weighted by atomic mass is 10.2. The van der Waals surface area contributed by atoms with Crippen LogP contribution in [0.25, 0.3) is 22.4 Å². The van der Waals surface area contributed by atoms with Crippen molar-refractivity contribution in [2.75, 3.05) is 5.32 Å². The molecule has 0 fully saturated rings. The maximum Gasteiger partial charge on any atom is 0.246 e. The lowest BCUT2D eigenvalue weighted by Crippen LogP contribution is -2.18. The normalized spacial score (nSPS) is 10.8. The van der Waals surface area contributed by atoms with Gasteiger partial charge >= 0.3 is 0 Å². The van der Waals surface area contributed by atoms with Gasteiger partial charge < -0.3 is 9.88 Å². The van der Waals surface area contributed by atoms with Gasteiger partial charge in [-0.05, 0) is 12.1 Å². The van der Waals surface area contributed by atoms with E-state index in [2.05, 4.69) is 30.2 Å². The van der Waals surface area contributed by atoms with Crippen molar-refractivity contribution >= 4 is 33.5 Å². The van der Waals surface area contributed by atoms with Crippen LogP contribution in [0.4, 0.5) is 5.13 Å². The molecule has 4 rings (SSSR count). The average molecular weight is 337 g/mol. The standard InChI is InChI=1S/C15H11N7OS/c23-13(6-22-9-19-14-12(22)5-17-8-18-14)21-15-20-11(7-24-15)10-2-1-3-16-4-10/h1-5,7-9H,6H2,(H,20,21,23). The minimum Gasteiger partial charge on any atom is -0.318 e. The van der Waals surface area contributed by atoms with Crippen molar-refractivity contribution in [2.24, 2.45) is 0 Å². The predicted octanol–water partition coefficient (Wildman–Crippen LogP) is 1.98. The fraction of sp³-hybridized carbons (Fsp3) is 0.0667. The zero-order valence-electron chi connectivity index (χ0n) is 12.3. The maximum absolute atomic E-state index is 12.2. The molecule has 0 radical (unpaired) electrons. The number of thiazole rings is 1. The zero-order chi connectivity index (χ0) is 16.4. The topological polar surface area (TPSA) is 98.5 Å². The summed E-state index contributed by atoms with van der Waals surface area (Å²) in [6.45, 7) is 0.117. The minimum absolute atomic E-state index is 0.117. The Labute approximate surface area is 140 Å². The summed E-state index contributed by atoms with van der Waals surface area (Å²) in [7, 11) is 0. The van der Waals surface area contributed by atoms with Crippen molar-refractivity contribution < 1.29 is 4.79 Å². The molecule has 24 heavy (non-hydrogen) atoms. The van der Waals surface area contributed by atoms with Gasteiger partial charge in [0.25, 0.3) is 0 Å².